The highest BCUT2D eigenvalue weighted by atomic mass is 16.4. The first-order valence-corrected chi connectivity index (χ1v) is 9.26. The van der Waals surface area contributed by atoms with Gasteiger partial charge in [-0.3, -0.25) is 4.90 Å². The van der Waals surface area contributed by atoms with Gasteiger partial charge in [0.1, 0.15) is 17.9 Å². The standard InChI is InChI=1S/C21H21N5O/c1-14-20-24-22-13-26(20)10-9-25(14)12-19-15(2)27-21(23-19)18-8-7-16-5-3-4-6-17(16)11-18/h3-8,11,13-14H,9-10,12H2,1-2H3. The normalized spacial score (nSPS) is 17.3. The predicted octanol–water partition coefficient (Wildman–Crippen LogP) is 3.97. The van der Waals surface area contributed by atoms with Crippen molar-refractivity contribution in [2.45, 2.75) is 33.0 Å². The summed E-state index contributed by atoms with van der Waals surface area (Å²) < 4.78 is 8.13. The molecule has 5 rings (SSSR count). The van der Waals surface area contributed by atoms with Crippen LogP contribution in [-0.4, -0.2) is 31.2 Å². The molecule has 1 unspecified atom stereocenters. The Labute approximate surface area is 157 Å². The Hall–Kier alpha value is -2.99. The number of nitrogens with zero attached hydrogens (tertiary/aromatic N) is 5. The largest absolute Gasteiger partial charge is 0.441 e. The van der Waals surface area contributed by atoms with E-state index in [0.717, 1.165) is 42.5 Å². The van der Waals surface area contributed by atoms with Gasteiger partial charge in [0.25, 0.3) is 0 Å². The first-order chi connectivity index (χ1) is 13.2. The number of benzene rings is 2. The molecule has 0 N–H and O–H groups in total. The van der Waals surface area contributed by atoms with E-state index >= 15 is 0 Å². The molecule has 0 spiro atoms. The van der Waals surface area contributed by atoms with E-state index in [9.17, 15) is 0 Å². The lowest BCUT2D eigenvalue weighted by Gasteiger charge is -2.32. The van der Waals surface area contributed by atoms with Gasteiger partial charge in [0.2, 0.25) is 5.89 Å². The molecule has 27 heavy (non-hydrogen) atoms. The van der Waals surface area contributed by atoms with Crippen molar-refractivity contribution in [1.82, 2.24) is 24.6 Å². The molecule has 0 saturated heterocycles. The zero-order valence-electron chi connectivity index (χ0n) is 15.5. The van der Waals surface area contributed by atoms with Crippen molar-refractivity contribution < 1.29 is 4.42 Å². The van der Waals surface area contributed by atoms with Gasteiger partial charge >= 0.3 is 0 Å². The minimum atomic E-state index is 0.210. The monoisotopic (exact) mass is 359 g/mol. The van der Waals surface area contributed by atoms with Crippen LogP contribution in [0.15, 0.2) is 53.2 Å². The molecule has 0 saturated carbocycles. The van der Waals surface area contributed by atoms with E-state index in [0.29, 0.717) is 5.89 Å². The highest BCUT2D eigenvalue weighted by Gasteiger charge is 2.27. The highest BCUT2D eigenvalue weighted by Crippen LogP contribution is 2.29. The molecule has 1 aliphatic heterocycles. The highest BCUT2D eigenvalue weighted by molar-refractivity contribution is 5.86. The van der Waals surface area contributed by atoms with Gasteiger partial charge in [0, 0.05) is 25.2 Å². The van der Waals surface area contributed by atoms with Gasteiger partial charge < -0.3 is 8.98 Å². The summed E-state index contributed by atoms with van der Waals surface area (Å²) in [6.07, 6.45) is 1.81. The summed E-state index contributed by atoms with van der Waals surface area (Å²) in [6.45, 7) is 6.76. The maximum absolute atomic E-state index is 6.01. The van der Waals surface area contributed by atoms with Gasteiger partial charge in [-0.25, -0.2) is 4.98 Å². The Morgan fingerprint density at radius 2 is 1.96 bits per heavy atom. The van der Waals surface area contributed by atoms with Crippen molar-refractivity contribution in [3.63, 3.8) is 0 Å². The Bertz CT molecular complexity index is 1110. The van der Waals surface area contributed by atoms with E-state index in [1.54, 1.807) is 0 Å². The molecule has 3 heterocycles. The molecule has 4 aromatic rings. The predicted molar refractivity (Wildman–Crippen MR) is 103 cm³/mol. The van der Waals surface area contributed by atoms with Crippen LogP contribution < -0.4 is 0 Å². The Morgan fingerprint density at radius 3 is 2.85 bits per heavy atom. The molecular weight excluding hydrogens is 338 g/mol. The van der Waals surface area contributed by atoms with Gasteiger partial charge in [0.05, 0.1) is 11.7 Å². The molecule has 1 atom stereocenters. The number of aromatic nitrogens is 4. The van der Waals surface area contributed by atoms with Gasteiger partial charge in [-0.2, -0.15) is 0 Å². The average molecular weight is 359 g/mol. The van der Waals surface area contributed by atoms with E-state index in [2.05, 4.69) is 69.1 Å². The van der Waals surface area contributed by atoms with Crippen LogP contribution in [-0.2, 0) is 13.1 Å². The quantitative estimate of drug-likeness (QED) is 0.554. The third-order valence-electron chi connectivity index (χ3n) is 5.44. The number of aryl methyl sites for hydroxylation is 1. The summed E-state index contributed by atoms with van der Waals surface area (Å²) in [5.74, 6) is 2.57. The zero-order chi connectivity index (χ0) is 18.4. The molecular formula is C21H21N5O. The number of hydrogen-bond acceptors (Lipinski definition) is 5. The van der Waals surface area contributed by atoms with Crippen molar-refractivity contribution in [2.24, 2.45) is 0 Å². The lowest BCUT2D eigenvalue weighted by molar-refractivity contribution is 0.154. The number of hydrogen-bond donors (Lipinski definition) is 0. The van der Waals surface area contributed by atoms with Crippen LogP contribution in [0.25, 0.3) is 22.2 Å². The van der Waals surface area contributed by atoms with Crippen LogP contribution in [0, 0.1) is 6.92 Å². The van der Waals surface area contributed by atoms with Crippen LogP contribution in [0.5, 0.6) is 0 Å². The molecule has 6 heteroatoms. The summed E-state index contributed by atoms with van der Waals surface area (Å²) in [5, 5.41) is 10.7. The molecule has 2 aromatic heterocycles. The first kappa shape index (κ1) is 16.2. The number of rotatable bonds is 3. The molecule has 0 aliphatic carbocycles. The molecule has 0 radical (unpaired) electrons. The van der Waals surface area contributed by atoms with Gasteiger partial charge in [-0.05, 0) is 36.8 Å². The second-order valence-corrected chi connectivity index (χ2v) is 7.11. The van der Waals surface area contributed by atoms with Crippen LogP contribution in [0.4, 0.5) is 0 Å². The van der Waals surface area contributed by atoms with E-state index in [1.807, 2.05) is 13.3 Å². The molecule has 6 nitrogen and oxygen atoms in total. The van der Waals surface area contributed by atoms with E-state index in [4.69, 9.17) is 9.40 Å². The van der Waals surface area contributed by atoms with Crippen molar-refractivity contribution in [3.05, 3.63) is 66.1 Å². The first-order valence-electron chi connectivity index (χ1n) is 9.26. The fourth-order valence-corrected chi connectivity index (χ4v) is 3.78. The van der Waals surface area contributed by atoms with Crippen molar-refractivity contribution in [1.29, 1.82) is 0 Å². The van der Waals surface area contributed by atoms with Crippen LogP contribution in [0.2, 0.25) is 0 Å². The minimum Gasteiger partial charge on any atom is -0.441 e. The smallest absolute Gasteiger partial charge is 0.226 e. The van der Waals surface area contributed by atoms with Crippen LogP contribution >= 0.6 is 0 Å². The summed E-state index contributed by atoms with van der Waals surface area (Å²) in [6, 6.07) is 14.9. The molecule has 0 bridgehead atoms. The van der Waals surface area contributed by atoms with Gasteiger partial charge in [0.15, 0.2) is 0 Å². The van der Waals surface area contributed by atoms with Gasteiger partial charge in [-0.1, -0.05) is 30.3 Å². The maximum Gasteiger partial charge on any atom is 0.226 e. The second kappa shape index (κ2) is 6.32. The average Bonchev–Trinajstić information content (AvgIpc) is 3.31. The van der Waals surface area contributed by atoms with Crippen LogP contribution in [0.3, 0.4) is 0 Å². The Kier molecular flexibility index (Phi) is 3.79. The SMILES string of the molecule is Cc1oc(-c2ccc3ccccc3c2)nc1CN1CCn2cnnc2C1C. The Morgan fingerprint density at radius 1 is 1.11 bits per heavy atom. The number of fused-ring (bicyclic) bond motifs is 2. The third kappa shape index (κ3) is 2.82. The van der Waals surface area contributed by atoms with Crippen molar-refractivity contribution in [3.8, 4) is 11.5 Å². The van der Waals surface area contributed by atoms with Crippen molar-refractivity contribution in [2.75, 3.05) is 6.54 Å². The zero-order valence-corrected chi connectivity index (χ0v) is 15.5. The van der Waals surface area contributed by atoms with E-state index in [-0.39, 0.29) is 6.04 Å². The molecule has 1 aliphatic rings. The van der Waals surface area contributed by atoms with E-state index in [1.165, 1.54) is 10.8 Å². The van der Waals surface area contributed by atoms with Crippen molar-refractivity contribution >= 4 is 10.8 Å². The molecule has 136 valence electrons. The summed E-state index contributed by atoms with van der Waals surface area (Å²) in [7, 11) is 0. The molecule has 0 fully saturated rings. The van der Waals surface area contributed by atoms with E-state index < -0.39 is 0 Å². The lowest BCUT2D eigenvalue weighted by Crippen LogP contribution is -2.36. The maximum atomic E-state index is 6.01. The fraction of sp³-hybridized carbons (Fsp3) is 0.286. The minimum absolute atomic E-state index is 0.210. The third-order valence-corrected chi connectivity index (χ3v) is 5.44. The molecule has 0 amide bonds. The summed E-state index contributed by atoms with van der Waals surface area (Å²) in [4.78, 5) is 7.18. The Balaban J connectivity index is 1.43. The van der Waals surface area contributed by atoms with Crippen LogP contribution in [0.1, 0.15) is 30.2 Å². The fourth-order valence-electron chi connectivity index (χ4n) is 3.78. The lowest BCUT2D eigenvalue weighted by atomic mass is 10.1. The number of oxazole rings is 1. The summed E-state index contributed by atoms with van der Waals surface area (Å²) >= 11 is 0. The topological polar surface area (TPSA) is 60.0 Å². The van der Waals surface area contributed by atoms with Gasteiger partial charge in [-0.15, -0.1) is 10.2 Å². The second-order valence-electron chi connectivity index (χ2n) is 7.11. The molecule has 2 aromatic carbocycles. The summed E-state index contributed by atoms with van der Waals surface area (Å²) in [5.41, 5.74) is 1.99.